The Morgan fingerprint density at radius 1 is 1.05 bits per heavy atom. The van der Waals surface area contributed by atoms with E-state index in [1.807, 2.05) is 4.90 Å². The van der Waals surface area contributed by atoms with Crippen molar-refractivity contribution in [2.75, 3.05) is 18.0 Å². The lowest BCUT2D eigenvalue weighted by molar-refractivity contribution is 0.201. The Morgan fingerprint density at radius 3 is 2.35 bits per heavy atom. The summed E-state index contributed by atoms with van der Waals surface area (Å²) in [4.78, 5) is 1.86. The molecule has 4 heteroatoms. The number of anilines is 1. The van der Waals surface area contributed by atoms with Gasteiger partial charge in [0.2, 0.25) is 0 Å². The number of benzene rings is 1. The van der Waals surface area contributed by atoms with E-state index in [9.17, 15) is 8.78 Å². The molecule has 1 saturated carbocycles. The van der Waals surface area contributed by atoms with Crippen LogP contribution in [0.2, 0.25) is 0 Å². The lowest BCUT2D eigenvalue weighted by atomic mass is 9.75. The molecule has 1 saturated heterocycles. The maximum absolute atomic E-state index is 14.1. The number of piperidine rings is 1. The highest BCUT2D eigenvalue weighted by Gasteiger charge is 2.33. The second kappa shape index (κ2) is 5.68. The highest BCUT2D eigenvalue weighted by atomic mass is 19.1. The first-order valence-electron chi connectivity index (χ1n) is 7.52. The molecule has 0 bridgehead atoms. The summed E-state index contributed by atoms with van der Waals surface area (Å²) >= 11 is 0. The fourth-order valence-corrected chi connectivity index (χ4v) is 3.82. The van der Waals surface area contributed by atoms with Gasteiger partial charge in [-0.15, -0.1) is 0 Å². The number of hydrogen-bond donors (Lipinski definition) is 1. The third kappa shape index (κ3) is 2.53. The first kappa shape index (κ1) is 13.8. The van der Waals surface area contributed by atoms with Crippen LogP contribution in [0.4, 0.5) is 14.5 Å². The van der Waals surface area contributed by atoms with E-state index < -0.39 is 11.6 Å². The highest BCUT2D eigenvalue weighted by Crippen LogP contribution is 2.38. The van der Waals surface area contributed by atoms with Crippen molar-refractivity contribution in [1.82, 2.24) is 0 Å². The van der Waals surface area contributed by atoms with Crippen molar-refractivity contribution in [2.24, 2.45) is 11.8 Å². The minimum atomic E-state index is -0.552. The molecular formula is C16H21F2NO. The minimum absolute atomic E-state index is 0.0891. The van der Waals surface area contributed by atoms with E-state index in [1.165, 1.54) is 37.8 Å². The number of fused-ring (bicyclic) bond motifs is 1. The smallest absolute Gasteiger partial charge is 0.149 e. The molecule has 1 heterocycles. The average Bonchev–Trinajstić information content (AvgIpc) is 2.46. The first-order valence-corrected chi connectivity index (χ1v) is 7.52. The van der Waals surface area contributed by atoms with E-state index in [1.54, 1.807) is 0 Å². The van der Waals surface area contributed by atoms with E-state index in [-0.39, 0.29) is 17.9 Å². The van der Waals surface area contributed by atoms with Crippen molar-refractivity contribution in [1.29, 1.82) is 0 Å². The van der Waals surface area contributed by atoms with Gasteiger partial charge >= 0.3 is 0 Å². The molecule has 2 nitrogen and oxygen atoms in total. The zero-order chi connectivity index (χ0) is 14.1. The van der Waals surface area contributed by atoms with Gasteiger partial charge in [0, 0.05) is 13.1 Å². The third-order valence-electron chi connectivity index (χ3n) is 4.87. The van der Waals surface area contributed by atoms with Gasteiger partial charge in [-0.1, -0.05) is 19.3 Å². The van der Waals surface area contributed by atoms with Crippen molar-refractivity contribution in [3.05, 3.63) is 29.3 Å². The molecule has 1 aliphatic heterocycles. The van der Waals surface area contributed by atoms with Crippen molar-refractivity contribution in [3.8, 4) is 0 Å². The van der Waals surface area contributed by atoms with E-state index in [2.05, 4.69) is 0 Å². The van der Waals surface area contributed by atoms with Gasteiger partial charge in [0.15, 0.2) is 0 Å². The summed E-state index contributed by atoms with van der Waals surface area (Å²) in [5, 5.41) is 9.00. The Bertz CT molecular complexity index is 468. The van der Waals surface area contributed by atoms with Gasteiger partial charge in [-0.25, -0.2) is 8.78 Å². The second-order valence-electron chi connectivity index (χ2n) is 6.11. The molecule has 20 heavy (non-hydrogen) atoms. The Morgan fingerprint density at radius 2 is 1.70 bits per heavy atom. The summed E-state index contributed by atoms with van der Waals surface area (Å²) in [6.07, 6.45) is 6.02. The van der Waals surface area contributed by atoms with Crippen LogP contribution in [0.1, 0.15) is 37.7 Å². The zero-order valence-corrected chi connectivity index (χ0v) is 11.6. The van der Waals surface area contributed by atoms with Crippen molar-refractivity contribution >= 4 is 5.69 Å². The summed E-state index contributed by atoms with van der Waals surface area (Å²) in [5.41, 5.74) is 0.377. The molecule has 2 aliphatic rings. The number of hydrogen-bond acceptors (Lipinski definition) is 2. The quantitative estimate of drug-likeness (QED) is 0.897. The standard InChI is InChI=1S/C16H21F2NO/c17-14-7-11(10-20)8-15(18)16(14)19-6-5-12-3-1-2-4-13(12)9-19/h7-8,12-13,20H,1-6,9-10H2. The minimum Gasteiger partial charge on any atom is -0.392 e. The molecule has 0 aromatic heterocycles. The van der Waals surface area contributed by atoms with Crippen LogP contribution >= 0.6 is 0 Å². The van der Waals surface area contributed by atoms with E-state index >= 15 is 0 Å². The zero-order valence-electron chi connectivity index (χ0n) is 11.6. The molecule has 2 unspecified atom stereocenters. The number of aliphatic hydroxyl groups excluding tert-OH is 1. The van der Waals surface area contributed by atoms with Crippen LogP contribution in [0.15, 0.2) is 12.1 Å². The molecule has 1 aromatic rings. The highest BCUT2D eigenvalue weighted by molar-refractivity contribution is 5.51. The molecular weight excluding hydrogens is 260 g/mol. The predicted molar refractivity (Wildman–Crippen MR) is 74.6 cm³/mol. The van der Waals surface area contributed by atoms with Crippen LogP contribution in [0.25, 0.3) is 0 Å². The Balaban J connectivity index is 1.83. The summed E-state index contributed by atoms with van der Waals surface area (Å²) in [7, 11) is 0. The maximum atomic E-state index is 14.1. The first-order chi connectivity index (χ1) is 9.69. The fourth-order valence-electron chi connectivity index (χ4n) is 3.82. The Kier molecular flexibility index (Phi) is 3.92. The lowest BCUT2D eigenvalue weighted by Crippen LogP contribution is -2.42. The summed E-state index contributed by atoms with van der Waals surface area (Å²) < 4.78 is 28.2. The van der Waals surface area contributed by atoms with E-state index in [0.717, 1.165) is 25.4 Å². The van der Waals surface area contributed by atoms with Gasteiger partial charge in [-0.3, -0.25) is 0 Å². The van der Waals surface area contributed by atoms with Gasteiger partial charge in [0.05, 0.1) is 6.61 Å². The van der Waals surface area contributed by atoms with Gasteiger partial charge in [-0.2, -0.15) is 0 Å². The Labute approximate surface area is 118 Å². The van der Waals surface area contributed by atoms with Crippen LogP contribution in [-0.2, 0) is 6.61 Å². The van der Waals surface area contributed by atoms with Crippen molar-refractivity contribution in [2.45, 2.75) is 38.7 Å². The summed E-state index contributed by atoms with van der Waals surface area (Å²) in [5.74, 6) is 0.211. The predicted octanol–water partition coefficient (Wildman–Crippen LogP) is 3.47. The van der Waals surface area contributed by atoms with Crippen molar-refractivity contribution < 1.29 is 13.9 Å². The van der Waals surface area contributed by atoms with Crippen LogP contribution in [0, 0.1) is 23.5 Å². The monoisotopic (exact) mass is 281 g/mol. The average molecular weight is 281 g/mol. The maximum Gasteiger partial charge on any atom is 0.149 e. The summed E-state index contributed by atoms with van der Waals surface area (Å²) in [6.45, 7) is 1.16. The van der Waals surface area contributed by atoms with Crippen LogP contribution in [-0.4, -0.2) is 18.2 Å². The Hall–Kier alpha value is -1.16. The van der Waals surface area contributed by atoms with Crippen LogP contribution < -0.4 is 4.90 Å². The number of rotatable bonds is 2. The normalized spacial score (nSPS) is 26.4. The van der Waals surface area contributed by atoms with Crippen molar-refractivity contribution in [3.63, 3.8) is 0 Å². The summed E-state index contributed by atoms with van der Waals surface area (Å²) in [6, 6.07) is 2.48. The number of nitrogens with zero attached hydrogens (tertiary/aromatic N) is 1. The molecule has 0 amide bonds. The molecule has 0 spiro atoms. The molecule has 110 valence electrons. The second-order valence-corrected chi connectivity index (χ2v) is 6.11. The molecule has 0 radical (unpaired) electrons. The van der Waals surface area contributed by atoms with E-state index in [4.69, 9.17) is 5.11 Å². The number of aliphatic hydroxyl groups is 1. The SMILES string of the molecule is OCc1cc(F)c(N2CCC3CCCCC3C2)c(F)c1. The van der Waals surface area contributed by atoms with Gasteiger partial charge < -0.3 is 10.0 Å². The fraction of sp³-hybridized carbons (Fsp3) is 0.625. The van der Waals surface area contributed by atoms with Gasteiger partial charge in [0.25, 0.3) is 0 Å². The largest absolute Gasteiger partial charge is 0.392 e. The van der Waals surface area contributed by atoms with E-state index in [0.29, 0.717) is 5.92 Å². The lowest BCUT2D eigenvalue weighted by Gasteiger charge is -2.42. The third-order valence-corrected chi connectivity index (χ3v) is 4.87. The topological polar surface area (TPSA) is 23.5 Å². The molecule has 3 rings (SSSR count). The molecule has 1 N–H and O–H groups in total. The van der Waals surface area contributed by atoms with Crippen LogP contribution in [0.5, 0.6) is 0 Å². The molecule has 2 fully saturated rings. The van der Waals surface area contributed by atoms with Gasteiger partial charge in [0.1, 0.15) is 17.3 Å². The molecule has 1 aliphatic carbocycles. The number of halogens is 2. The molecule has 2 atom stereocenters. The van der Waals surface area contributed by atoms with Gasteiger partial charge in [-0.05, 0) is 42.4 Å². The molecule has 1 aromatic carbocycles. The van der Waals surface area contributed by atoms with Crippen LogP contribution in [0.3, 0.4) is 0 Å².